The van der Waals surface area contributed by atoms with Crippen molar-refractivity contribution in [3.05, 3.63) is 57.0 Å². The van der Waals surface area contributed by atoms with Gasteiger partial charge in [0.15, 0.2) is 0 Å². The minimum absolute atomic E-state index is 0.424. The van der Waals surface area contributed by atoms with Crippen molar-refractivity contribution in [3.63, 3.8) is 0 Å². The lowest BCUT2D eigenvalue weighted by Gasteiger charge is -2.09. The Balaban J connectivity index is 2.69. The van der Waals surface area contributed by atoms with E-state index < -0.39 is 5.91 Å². The normalized spacial score (nSPS) is 10.2. The molecule has 2 nitrogen and oxygen atoms in total. The highest BCUT2D eigenvalue weighted by Crippen LogP contribution is 2.35. The van der Waals surface area contributed by atoms with Crippen LogP contribution in [0.1, 0.15) is 10.4 Å². The fourth-order valence-corrected chi connectivity index (χ4v) is 2.49. The van der Waals surface area contributed by atoms with E-state index in [0.29, 0.717) is 5.56 Å². The van der Waals surface area contributed by atoms with Crippen molar-refractivity contribution in [3.8, 4) is 11.1 Å². The average molecular weight is 355 g/mol. The molecule has 2 rings (SSSR count). The second-order valence-corrected chi connectivity index (χ2v) is 5.16. The highest BCUT2D eigenvalue weighted by Gasteiger charge is 2.12. The molecule has 0 atom stereocenters. The van der Waals surface area contributed by atoms with Crippen LogP contribution in [0.2, 0.25) is 0 Å². The highest BCUT2D eigenvalue weighted by molar-refractivity contribution is 9.13. The van der Waals surface area contributed by atoms with E-state index in [1.54, 1.807) is 12.1 Å². The summed E-state index contributed by atoms with van der Waals surface area (Å²) in [6.07, 6.45) is 0. The van der Waals surface area contributed by atoms with Crippen molar-refractivity contribution in [1.82, 2.24) is 0 Å². The van der Waals surface area contributed by atoms with Crippen molar-refractivity contribution in [1.29, 1.82) is 0 Å². The highest BCUT2D eigenvalue weighted by atomic mass is 79.9. The van der Waals surface area contributed by atoms with Crippen molar-refractivity contribution in [2.75, 3.05) is 0 Å². The molecule has 2 N–H and O–H groups in total. The van der Waals surface area contributed by atoms with Crippen LogP contribution in [0.3, 0.4) is 0 Å². The molecule has 0 aliphatic rings. The molecule has 2 aromatic carbocycles. The molecule has 0 radical (unpaired) electrons. The van der Waals surface area contributed by atoms with E-state index >= 15 is 0 Å². The van der Waals surface area contributed by atoms with Crippen LogP contribution < -0.4 is 5.73 Å². The smallest absolute Gasteiger partial charge is 0.249 e. The van der Waals surface area contributed by atoms with Crippen LogP contribution in [0.5, 0.6) is 0 Å². The van der Waals surface area contributed by atoms with Crippen LogP contribution in [-0.4, -0.2) is 5.91 Å². The van der Waals surface area contributed by atoms with Gasteiger partial charge in [-0.05, 0) is 55.1 Å². The molecule has 0 aliphatic heterocycles. The Bertz CT molecular complexity index is 581. The first-order valence-electron chi connectivity index (χ1n) is 4.94. The summed E-state index contributed by atoms with van der Waals surface area (Å²) in [5, 5.41) is 0. The van der Waals surface area contributed by atoms with Crippen LogP contribution in [0.25, 0.3) is 11.1 Å². The van der Waals surface area contributed by atoms with Crippen LogP contribution in [0.15, 0.2) is 51.4 Å². The monoisotopic (exact) mass is 353 g/mol. The SMILES string of the molecule is NC(=O)c1ccccc1-c1cccc(Br)c1Br. The quantitative estimate of drug-likeness (QED) is 0.870. The number of hydrogen-bond donors (Lipinski definition) is 1. The number of primary amides is 1. The minimum atomic E-state index is -0.424. The number of rotatable bonds is 2. The molecule has 2 aromatic rings. The van der Waals surface area contributed by atoms with Crippen LogP contribution >= 0.6 is 31.9 Å². The van der Waals surface area contributed by atoms with Gasteiger partial charge in [-0.1, -0.05) is 30.3 Å². The van der Waals surface area contributed by atoms with E-state index in [4.69, 9.17) is 5.73 Å². The molecule has 0 aliphatic carbocycles. The van der Waals surface area contributed by atoms with Gasteiger partial charge in [0.05, 0.1) is 0 Å². The Labute approximate surface area is 116 Å². The number of hydrogen-bond acceptors (Lipinski definition) is 1. The first-order valence-corrected chi connectivity index (χ1v) is 6.53. The number of amides is 1. The van der Waals surface area contributed by atoms with Gasteiger partial charge in [0.1, 0.15) is 0 Å². The molecule has 4 heteroatoms. The fourth-order valence-electron chi connectivity index (χ4n) is 1.64. The van der Waals surface area contributed by atoms with E-state index in [0.717, 1.165) is 20.1 Å². The van der Waals surface area contributed by atoms with Gasteiger partial charge in [-0.2, -0.15) is 0 Å². The van der Waals surface area contributed by atoms with Crippen LogP contribution in [-0.2, 0) is 0 Å². The topological polar surface area (TPSA) is 43.1 Å². The number of halogens is 2. The van der Waals surface area contributed by atoms with Gasteiger partial charge in [0, 0.05) is 14.5 Å². The molecule has 0 saturated heterocycles. The van der Waals surface area contributed by atoms with E-state index in [2.05, 4.69) is 31.9 Å². The first-order chi connectivity index (χ1) is 8.11. The number of carbonyl (C=O) groups excluding carboxylic acids is 1. The Kier molecular flexibility index (Phi) is 3.64. The summed E-state index contributed by atoms with van der Waals surface area (Å²) in [4.78, 5) is 11.4. The second kappa shape index (κ2) is 5.02. The lowest BCUT2D eigenvalue weighted by Crippen LogP contribution is -2.12. The number of carbonyl (C=O) groups is 1. The third kappa shape index (κ3) is 2.42. The molecule has 17 heavy (non-hydrogen) atoms. The maximum Gasteiger partial charge on any atom is 0.249 e. The molecule has 0 spiro atoms. The summed E-state index contributed by atoms with van der Waals surface area (Å²) in [5.74, 6) is -0.424. The van der Waals surface area contributed by atoms with E-state index in [9.17, 15) is 4.79 Å². The zero-order chi connectivity index (χ0) is 12.4. The standard InChI is InChI=1S/C13H9Br2NO/c14-11-7-3-6-9(12(11)15)8-4-1-2-5-10(8)13(16)17/h1-7H,(H2,16,17). The molecular formula is C13H9Br2NO. The summed E-state index contributed by atoms with van der Waals surface area (Å²) in [6, 6.07) is 13.1. The molecule has 0 saturated carbocycles. The Hall–Kier alpha value is -1.13. The molecule has 0 bridgehead atoms. The molecule has 0 aromatic heterocycles. The van der Waals surface area contributed by atoms with Crippen LogP contribution in [0.4, 0.5) is 0 Å². The lowest BCUT2D eigenvalue weighted by atomic mass is 9.99. The summed E-state index contributed by atoms with van der Waals surface area (Å²) in [7, 11) is 0. The van der Waals surface area contributed by atoms with Gasteiger partial charge in [0.25, 0.3) is 0 Å². The first kappa shape index (κ1) is 12.3. The van der Waals surface area contributed by atoms with Crippen molar-refractivity contribution in [2.24, 2.45) is 5.73 Å². The third-order valence-corrected chi connectivity index (χ3v) is 4.48. The zero-order valence-electron chi connectivity index (χ0n) is 8.78. The van der Waals surface area contributed by atoms with Gasteiger partial charge in [-0.25, -0.2) is 0 Å². The van der Waals surface area contributed by atoms with E-state index in [-0.39, 0.29) is 0 Å². The predicted octanol–water partition coefficient (Wildman–Crippen LogP) is 3.98. The Morgan fingerprint density at radius 3 is 2.29 bits per heavy atom. The number of nitrogens with two attached hydrogens (primary N) is 1. The van der Waals surface area contributed by atoms with Gasteiger partial charge in [0.2, 0.25) is 5.91 Å². The Morgan fingerprint density at radius 1 is 0.941 bits per heavy atom. The molecule has 0 heterocycles. The maximum atomic E-state index is 11.4. The summed E-state index contributed by atoms with van der Waals surface area (Å²) >= 11 is 6.94. The predicted molar refractivity (Wildman–Crippen MR) is 75.8 cm³/mol. The number of benzene rings is 2. The molecule has 86 valence electrons. The van der Waals surface area contributed by atoms with Gasteiger partial charge in [-0.3, -0.25) is 4.79 Å². The maximum absolute atomic E-state index is 11.4. The largest absolute Gasteiger partial charge is 0.366 e. The average Bonchev–Trinajstić information content (AvgIpc) is 2.33. The summed E-state index contributed by atoms with van der Waals surface area (Å²) in [6.45, 7) is 0. The van der Waals surface area contributed by atoms with Gasteiger partial charge >= 0.3 is 0 Å². The zero-order valence-corrected chi connectivity index (χ0v) is 12.0. The minimum Gasteiger partial charge on any atom is -0.366 e. The molecular weight excluding hydrogens is 346 g/mol. The van der Waals surface area contributed by atoms with Gasteiger partial charge in [-0.15, -0.1) is 0 Å². The summed E-state index contributed by atoms with van der Waals surface area (Å²) in [5.41, 5.74) is 7.66. The molecule has 1 amide bonds. The lowest BCUT2D eigenvalue weighted by molar-refractivity contribution is 0.100. The molecule has 0 unspecified atom stereocenters. The van der Waals surface area contributed by atoms with Crippen molar-refractivity contribution in [2.45, 2.75) is 0 Å². The Morgan fingerprint density at radius 2 is 1.59 bits per heavy atom. The second-order valence-electron chi connectivity index (χ2n) is 3.51. The van der Waals surface area contributed by atoms with E-state index in [1.165, 1.54) is 0 Å². The fraction of sp³-hybridized carbons (Fsp3) is 0. The van der Waals surface area contributed by atoms with Crippen molar-refractivity contribution >= 4 is 37.8 Å². The van der Waals surface area contributed by atoms with Crippen LogP contribution in [0, 0.1) is 0 Å². The van der Waals surface area contributed by atoms with Crippen molar-refractivity contribution < 1.29 is 4.79 Å². The molecule has 0 fully saturated rings. The van der Waals surface area contributed by atoms with Gasteiger partial charge < -0.3 is 5.73 Å². The van der Waals surface area contributed by atoms with E-state index in [1.807, 2.05) is 30.3 Å². The summed E-state index contributed by atoms with van der Waals surface area (Å²) < 4.78 is 1.85. The third-order valence-electron chi connectivity index (χ3n) is 2.43.